The van der Waals surface area contributed by atoms with Gasteiger partial charge in [0.15, 0.2) is 6.10 Å². The highest BCUT2D eigenvalue weighted by atomic mass is 35.5. The van der Waals surface area contributed by atoms with E-state index in [0.29, 0.717) is 13.0 Å². The van der Waals surface area contributed by atoms with E-state index < -0.39 is 12.1 Å². The first-order chi connectivity index (χ1) is 4.20. The quantitative estimate of drug-likeness (QED) is 0.558. The number of hydrogen-bond donors (Lipinski definition) is 2. The fourth-order valence-corrected chi connectivity index (χ4v) is 0.823. The van der Waals surface area contributed by atoms with Gasteiger partial charge in [0.1, 0.15) is 0 Å². The molecule has 1 fully saturated rings. The van der Waals surface area contributed by atoms with Crippen molar-refractivity contribution in [2.45, 2.75) is 18.6 Å². The van der Waals surface area contributed by atoms with Gasteiger partial charge in [0.05, 0.1) is 6.61 Å². The molecule has 5 heteroatoms. The lowest BCUT2D eigenvalue weighted by Crippen LogP contribution is -2.22. The standard InChI is InChI=1S/C5H9NO3.ClH/c6-3-1-4(5(7)8)9-2-3;/h3-4H,1-2,6H2,(H,7,8);1H/t3-,4-;/m0./s1. The van der Waals surface area contributed by atoms with Gasteiger partial charge in [-0.05, 0) is 0 Å². The molecule has 1 heterocycles. The molecule has 0 spiro atoms. The molecule has 3 N–H and O–H groups in total. The molecule has 0 aliphatic carbocycles. The Bertz CT molecular complexity index is 130. The highest BCUT2D eigenvalue weighted by molar-refractivity contribution is 5.85. The van der Waals surface area contributed by atoms with Crippen molar-refractivity contribution in [2.75, 3.05) is 6.61 Å². The van der Waals surface area contributed by atoms with Crippen LogP contribution in [0.25, 0.3) is 0 Å². The number of nitrogens with two attached hydrogens (primary N) is 1. The Balaban J connectivity index is 0.000000810. The second-order valence-electron chi connectivity index (χ2n) is 2.16. The Hall–Kier alpha value is -0.320. The fourth-order valence-electron chi connectivity index (χ4n) is 0.823. The highest BCUT2D eigenvalue weighted by Crippen LogP contribution is 2.10. The van der Waals surface area contributed by atoms with E-state index in [0.717, 1.165) is 0 Å². The topological polar surface area (TPSA) is 72.5 Å². The first kappa shape index (κ1) is 9.68. The maximum absolute atomic E-state index is 10.2. The zero-order valence-corrected chi connectivity index (χ0v) is 6.13. The predicted molar refractivity (Wildman–Crippen MR) is 37.2 cm³/mol. The third-order valence-electron chi connectivity index (χ3n) is 1.30. The highest BCUT2D eigenvalue weighted by Gasteiger charge is 2.27. The third kappa shape index (κ3) is 2.13. The largest absolute Gasteiger partial charge is 0.479 e. The Morgan fingerprint density at radius 2 is 2.30 bits per heavy atom. The molecule has 0 aromatic heterocycles. The van der Waals surface area contributed by atoms with Crippen LogP contribution < -0.4 is 5.73 Å². The minimum Gasteiger partial charge on any atom is -0.479 e. The molecule has 0 aromatic rings. The Kier molecular flexibility index (Phi) is 3.63. The molecule has 1 rings (SSSR count). The Labute approximate surface area is 64.8 Å². The van der Waals surface area contributed by atoms with Gasteiger partial charge in [0, 0.05) is 12.5 Å². The van der Waals surface area contributed by atoms with Gasteiger partial charge in [0.25, 0.3) is 0 Å². The van der Waals surface area contributed by atoms with Gasteiger partial charge < -0.3 is 15.6 Å². The van der Waals surface area contributed by atoms with Gasteiger partial charge in [-0.25, -0.2) is 4.79 Å². The van der Waals surface area contributed by atoms with E-state index in [-0.39, 0.29) is 18.4 Å². The third-order valence-corrected chi connectivity index (χ3v) is 1.30. The number of hydrogen-bond acceptors (Lipinski definition) is 3. The molecule has 1 saturated heterocycles. The van der Waals surface area contributed by atoms with Crippen molar-refractivity contribution in [2.24, 2.45) is 5.73 Å². The Morgan fingerprint density at radius 1 is 1.70 bits per heavy atom. The lowest BCUT2D eigenvalue weighted by Gasteiger charge is -1.98. The normalized spacial score (nSPS) is 31.3. The minimum absolute atomic E-state index is 0. The average Bonchev–Trinajstić information content (AvgIpc) is 2.14. The number of rotatable bonds is 1. The molecule has 1 aliphatic rings. The van der Waals surface area contributed by atoms with Crippen molar-refractivity contribution in [3.63, 3.8) is 0 Å². The number of carboxylic acids is 1. The molecular formula is C5H10ClNO3. The van der Waals surface area contributed by atoms with Crippen LogP contribution in [0, 0.1) is 0 Å². The summed E-state index contributed by atoms with van der Waals surface area (Å²) >= 11 is 0. The van der Waals surface area contributed by atoms with Gasteiger partial charge in [0.2, 0.25) is 0 Å². The van der Waals surface area contributed by atoms with Crippen LogP contribution in [-0.4, -0.2) is 29.8 Å². The summed E-state index contributed by atoms with van der Waals surface area (Å²) in [6, 6.07) is -0.0916. The summed E-state index contributed by atoms with van der Waals surface area (Å²) in [5.74, 6) is -0.914. The van der Waals surface area contributed by atoms with Gasteiger partial charge in [-0.15, -0.1) is 12.4 Å². The van der Waals surface area contributed by atoms with Crippen LogP contribution in [0.2, 0.25) is 0 Å². The summed E-state index contributed by atoms with van der Waals surface area (Å²) in [5, 5.41) is 8.35. The Morgan fingerprint density at radius 3 is 2.50 bits per heavy atom. The molecule has 2 atom stereocenters. The second kappa shape index (κ2) is 3.75. The summed E-state index contributed by atoms with van der Waals surface area (Å²) < 4.78 is 4.80. The number of carboxylic acid groups (broad SMARTS) is 1. The van der Waals surface area contributed by atoms with Gasteiger partial charge in [-0.3, -0.25) is 0 Å². The molecule has 0 aromatic carbocycles. The minimum atomic E-state index is -0.914. The summed E-state index contributed by atoms with van der Waals surface area (Å²) in [6.45, 7) is 0.372. The molecular weight excluding hydrogens is 158 g/mol. The first-order valence-corrected chi connectivity index (χ1v) is 2.80. The maximum Gasteiger partial charge on any atom is 0.332 e. The molecule has 0 unspecified atom stereocenters. The van der Waals surface area contributed by atoms with Crippen molar-refractivity contribution < 1.29 is 14.6 Å². The van der Waals surface area contributed by atoms with E-state index in [1.165, 1.54) is 0 Å². The number of aliphatic carboxylic acids is 1. The molecule has 4 nitrogen and oxygen atoms in total. The SMILES string of the molecule is Cl.N[C@@H]1CO[C@H](C(=O)O)C1. The van der Waals surface area contributed by atoms with Gasteiger partial charge in [-0.1, -0.05) is 0 Å². The maximum atomic E-state index is 10.2. The zero-order valence-electron chi connectivity index (χ0n) is 5.32. The zero-order chi connectivity index (χ0) is 6.85. The van der Waals surface area contributed by atoms with Crippen molar-refractivity contribution in [1.82, 2.24) is 0 Å². The second-order valence-corrected chi connectivity index (χ2v) is 2.16. The fraction of sp³-hybridized carbons (Fsp3) is 0.800. The summed E-state index contributed by atoms with van der Waals surface area (Å²) in [5.41, 5.74) is 5.37. The van der Waals surface area contributed by atoms with E-state index >= 15 is 0 Å². The van der Waals surface area contributed by atoms with E-state index in [4.69, 9.17) is 15.6 Å². The van der Waals surface area contributed by atoms with Crippen molar-refractivity contribution >= 4 is 18.4 Å². The van der Waals surface area contributed by atoms with Gasteiger partial charge >= 0.3 is 5.97 Å². The van der Waals surface area contributed by atoms with Crippen LogP contribution in [-0.2, 0) is 9.53 Å². The lowest BCUT2D eigenvalue weighted by atomic mass is 10.2. The smallest absolute Gasteiger partial charge is 0.332 e. The van der Waals surface area contributed by atoms with Crippen LogP contribution in [0.1, 0.15) is 6.42 Å². The monoisotopic (exact) mass is 167 g/mol. The van der Waals surface area contributed by atoms with E-state index in [2.05, 4.69) is 0 Å². The van der Waals surface area contributed by atoms with Crippen LogP contribution in [0.4, 0.5) is 0 Å². The lowest BCUT2D eigenvalue weighted by molar-refractivity contribution is -0.147. The van der Waals surface area contributed by atoms with Crippen LogP contribution in [0.15, 0.2) is 0 Å². The molecule has 0 amide bonds. The molecule has 0 saturated carbocycles. The van der Waals surface area contributed by atoms with Crippen molar-refractivity contribution in [1.29, 1.82) is 0 Å². The summed E-state index contributed by atoms with van der Waals surface area (Å²) in [6.07, 6.45) is -0.227. The number of halogens is 1. The van der Waals surface area contributed by atoms with Crippen molar-refractivity contribution in [3.05, 3.63) is 0 Å². The molecule has 10 heavy (non-hydrogen) atoms. The molecule has 1 aliphatic heterocycles. The first-order valence-electron chi connectivity index (χ1n) is 2.80. The predicted octanol–water partition coefficient (Wildman–Crippen LogP) is -0.391. The molecule has 0 bridgehead atoms. The van der Waals surface area contributed by atoms with Crippen LogP contribution in [0.5, 0.6) is 0 Å². The summed E-state index contributed by atoms with van der Waals surface area (Å²) in [7, 11) is 0. The van der Waals surface area contributed by atoms with Crippen LogP contribution >= 0.6 is 12.4 Å². The van der Waals surface area contributed by atoms with E-state index in [1.54, 1.807) is 0 Å². The van der Waals surface area contributed by atoms with E-state index in [1.807, 2.05) is 0 Å². The number of carbonyl (C=O) groups is 1. The number of ether oxygens (including phenoxy) is 1. The van der Waals surface area contributed by atoms with Crippen molar-refractivity contribution in [3.8, 4) is 0 Å². The average molecular weight is 168 g/mol. The summed E-state index contributed by atoms with van der Waals surface area (Å²) in [4.78, 5) is 10.2. The van der Waals surface area contributed by atoms with Gasteiger partial charge in [-0.2, -0.15) is 0 Å². The molecule has 0 radical (unpaired) electrons. The molecule has 60 valence electrons. The van der Waals surface area contributed by atoms with E-state index in [9.17, 15) is 4.79 Å². The van der Waals surface area contributed by atoms with Crippen LogP contribution in [0.3, 0.4) is 0 Å².